The van der Waals surface area contributed by atoms with Crippen LogP contribution in [0.1, 0.15) is 23.9 Å². The first kappa shape index (κ1) is 22.0. The third-order valence-electron chi connectivity index (χ3n) is 6.53. The number of methoxy groups -OCH3 is 1. The van der Waals surface area contributed by atoms with E-state index in [0.717, 1.165) is 33.7 Å². The van der Waals surface area contributed by atoms with Crippen molar-refractivity contribution >= 4 is 33.2 Å². The largest absolute Gasteiger partial charge is 0.497 e. The van der Waals surface area contributed by atoms with Gasteiger partial charge in [-0.1, -0.05) is 61.5 Å². The normalized spacial score (nSPS) is 11.5. The summed E-state index contributed by atoms with van der Waals surface area (Å²) in [5, 5.41) is 0.505. The molecule has 0 unspecified atom stereocenters. The summed E-state index contributed by atoms with van der Waals surface area (Å²) in [7, 11) is 1.65. The van der Waals surface area contributed by atoms with Crippen LogP contribution in [-0.4, -0.2) is 31.2 Å². The molecule has 0 aliphatic heterocycles. The summed E-state index contributed by atoms with van der Waals surface area (Å²) in [4.78, 5) is 28.9. The Morgan fingerprint density at radius 2 is 1.36 bits per heavy atom. The second kappa shape index (κ2) is 8.92. The van der Waals surface area contributed by atoms with Gasteiger partial charge in [0.25, 0.3) is 5.56 Å². The monoisotopic (exact) mass is 475 g/mol. The average molecular weight is 476 g/mol. The van der Waals surface area contributed by atoms with Crippen LogP contribution in [0.25, 0.3) is 33.2 Å². The zero-order chi connectivity index (χ0) is 24.6. The van der Waals surface area contributed by atoms with Crippen molar-refractivity contribution in [3.05, 3.63) is 106 Å². The van der Waals surface area contributed by atoms with E-state index in [1.54, 1.807) is 11.7 Å². The lowest BCUT2D eigenvalue weighted by atomic mass is 10.2. The predicted octanol–water partition coefficient (Wildman–Crippen LogP) is 4.96. The molecule has 0 atom stereocenters. The fourth-order valence-electron chi connectivity index (χ4n) is 4.70. The average Bonchev–Trinajstić information content (AvgIpc) is 3.22. The molecule has 6 aromatic rings. The van der Waals surface area contributed by atoms with Crippen LogP contribution in [0, 0.1) is 0 Å². The Hall–Kier alpha value is -4.52. The van der Waals surface area contributed by atoms with Crippen LogP contribution in [0.4, 0.5) is 0 Å². The highest BCUT2D eigenvalue weighted by Gasteiger charge is 2.22. The highest BCUT2D eigenvalue weighted by Crippen LogP contribution is 2.27. The molecule has 0 spiro atoms. The Morgan fingerprint density at radius 3 is 2.06 bits per heavy atom. The van der Waals surface area contributed by atoms with Crippen LogP contribution >= 0.6 is 0 Å². The molecule has 7 nitrogen and oxygen atoms in total. The molecule has 7 heteroatoms. The van der Waals surface area contributed by atoms with Crippen molar-refractivity contribution in [3.63, 3.8) is 0 Å². The standard InChI is InChI=1S/C29H25N5O2/c1-3-24-32-27-25(29(35)33(24)17-19-9-5-4-6-10-19)26-28(31-23-12-8-7-11-22(23)30-26)34(27)18-20-13-15-21(36-2)16-14-20/h4-16H,3,17-18H2,1-2H3. The van der Waals surface area contributed by atoms with Gasteiger partial charge in [0.15, 0.2) is 11.3 Å². The molecule has 0 fully saturated rings. The number of ether oxygens (including phenoxy) is 1. The molecule has 0 saturated heterocycles. The van der Waals surface area contributed by atoms with Crippen molar-refractivity contribution in [1.29, 1.82) is 0 Å². The maximum atomic E-state index is 14.0. The molecule has 3 aromatic carbocycles. The van der Waals surface area contributed by atoms with Crippen molar-refractivity contribution in [2.75, 3.05) is 7.11 Å². The number of para-hydroxylation sites is 2. The lowest BCUT2D eigenvalue weighted by Gasteiger charge is -2.13. The Kier molecular flexibility index (Phi) is 5.45. The van der Waals surface area contributed by atoms with Gasteiger partial charge >= 0.3 is 0 Å². The molecule has 0 aliphatic carbocycles. The summed E-state index contributed by atoms with van der Waals surface area (Å²) in [5.74, 6) is 1.53. The molecule has 0 radical (unpaired) electrons. The van der Waals surface area contributed by atoms with Crippen LogP contribution in [-0.2, 0) is 19.5 Å². The number of hydrogen-bond acceptors (Lipinski definition) is 5. The zero-order valence-corrected chi connectivity index (χ0v) is 20.2. The maximum absolute atomic E-state index is 14.0. The Bertz CT molecular complexity index is 1770. The van der Waals surface area contributed by atoms with E-state index in [0.29, 0.717) is 41.7 Å². The fraction of sp³-hybridized carbons (Fsp3) is 0.172. The number of rotatable bonds is 6. The predicted molar refractivity (Wildman–Crippen MR) is 142 cm³/mol. The van der Waals surface area contributed by atoms with Crippen molar-refractivity contribution in [2.45, 2.75) is 26.4 Å². The molecular weight excluding hydrogens is 450 g/mol. The fourth-order valence-corrected chi connectivity index (χ4v) is 4.70. The number of aromatic nitrogens is 5. The second-order valence-electron chi connectivity index (χ2n) is 8.78. The smallest absolute Gasteiger partial charge is 0.265 e. The molecule has 0 aliphatic rings. The molecule has 36 heavy (non-hydrogen) atoms. The number of aryl methyl sites for hydroxylation is 1. The van der Waals surface area contributed by atoms with E-state index < -0.39 is 0 Å². The SMILES string of the molecule is CCc1nc2c(c(=O)n1Cc1ccccc1)c1nc3ccccc3nc1n2Cc1ccc(OC)cc1. The molecule has 0 bridgehead atoms. The highest BCUT2D eigenvalue weighted by atomic mass is 16.5. The summed E-state index contributed by atoms with van der Waals surface area (Å²) in [5.41, 5.74) is 5.40. The summed E-state index contributed by atoms with van der Waals surface area (Å²) in [6.07, 6.45) is 0.630. The van der Waals surface area contributed by atoms with Gasteiger partial charge in [0, 0.05) is 6.42 Å². The Labute approximate surface area is 207 Å². The minimum Gasteiger partial charge on any atom is -0.497 e. The number of nitrogens with zero attached hydrogens (tertiary/aromatic N) is 5. The van der Waals surface area contributed by atoms with Gasteiger partial charge in [0.1, 0.15) is 22.5 Å². The Balaban J connectivity index is 1.64. The molecule has 3 heterocycles. The van der Waals surface area contributed by atoms with Crippen LogP contribution in [0.3, 0.4) is 0 Å². The first-order valence-electron chi connectivity index (χ1n) is 12.0. The van der Waals surface area contributed by atoms with Crippen molar-refractivity contribution < 1.29 is 4.74 Å². The van der Waals surface area contributed by atoms with Gasteiger partial charge < -0.3 is 9.30 Å². The van der Waals surface area contributed by atoms with Crippen molar-refractivity contribution in [1.82, 2.24) is 24.1 Å². The van der Waals surface area contributed by atoms with E-state index in [2.05, 4.69) is 0 Å². The van der Waals surface area contributed by atoms with Gasteiger partial charge in [0.05, 0.1) is 31.2 Å². The first-order valence-corrected chi connectivity index (χ1v) is 12.0. The van der Waals surface area contributed by atoms with Gasteiger partial charge in [-0.05, 0) is 35.4 Å². The van der Waals surface area contributed by atoms with Gasteiger partial charge in [0.2, 0.25) is 0 Å². The van der Waals surface area contributed by atoms with Gasteiger partial charge in [-0.15, -0.1) is 0 Å². The summed E-state index contributed by atoms with van der Waals surface area (Å²) >= 11 is 0. The summed E-state index contributed by atoms with van der Waals surface area (Å²) in [6.45, 7) is 2.99. The highest BCUT2D eigenvalue weighted by molar-refractivity contribution is 6.04. The first-order chi connectivity index (χ1) is 17.7. The minimum absolute atomic E-state index is 0.0937. The maximum Gasteiger partial charge on any atom is 0.265 e. The van der Waals surface area contributed by atoms with E-state index in [1.807, 2.05) is 90.4 Å². The van der Waals surface area contributed by atoms with E-state index in [1.165, 1.54) is 0 Å². The van der Waals surface area contributed by atoms with Crippen LogP contribution < -0.4 is 10.3 Å². The molecule has 178 valence electrons. The molecule has 6 rings (SSSR count). The van der Waals surface area contributed by atoms with Crippen molar-refractivity contribution in [3.8, 4) is 5.75 Å². The van der Waals surface area contributed by atoms with Crippen LogP contribution in [0.15, 0.2) is 83.7 Å². The molecule has 0 N–H and O–H groups in total. The van der Waals surface area contributed by atoms with Crippen LogP contribution in [0.5, 0.6) is 5.75 Å². The van der Waals surface area contributed by atoms with Gasteiger partial charge in [-0.2, -0.15) is 0 Å². The van der Waals surface area contributed by atoms with Gasteiger partial charge in [-0.3, -0.25) is 9.36 Å². The summed E-state index contributed by atoms with van der Waals surface area (Å²) in [6, 6.07) is 25.6. The minimum atomic E-state index is -0.0937. The quantitative estimate of drug-likeness (QED) is 0.340. The zero-order valence-electron chi connectivity index (χ0n) is 20.2. The third-order valence-corrected chi connectivity index (χ3v) is 6.53. The van der Waals surface area contributed by atoms with E-state index >= 15 is 0 Å². The second-order valence-corrected chi connectivity index (χ2v) is 8.78. The number of fused-ring (bicyclic) bond motifs is 4. The summed E-state index contributed by atoms with van der Waals surface area (Å²) < 4.78 is 9.10. The lowest BCUT2D eigenvalue weighted by molar-refractivity contribution is 0.414. The number of benzene rings is 3. The van der Waals surface area contributed by atoms with Gasteiger partial charge in [-0.25, -0.2) is 15.0 Å². The third kappa shape index (κ3) is 3.69. The van der Waals surface area contributed by atoms with E-state index in [9.17, 15) is 4.79 Å². The topological polar surface area (TPSA) is 74.8 Å². The number of hydrogen-bond donors (Lipinski definition) is 0. The molecule has 3 aromatic heterocycles. The van der Waals surface area contributed by atoms with E-state index in [-0.39, 0.29) is 5.56 Å². The van der Waals surface area contributed by atoms with E-state index in [4.69, 9.17) is 19.7 Å². The molecular formula is C29H25N5O2. The molecule has 0 saturated carbocycles. The van der Waals surface area contributed by atoms with Crippen molar-refractivity contribution in [2.24, 2.45) is 0 Å². The van der Waals surface area contributed by atoms with Crippen LogP contribution in [0.2, 0.25) is 0 Å². The lowest BCUT2D eigenvalue weighted by Crippen LogP contribution is -2.26. The Morgan fingerprint density at radius 1 is 0.722 bits per heavy atom. The molecule has 0 amide bonds.